The Bertz CT molecular complexity index is 1270. The molecule has 1 aliphatic heterocycles. The fourth-order valence-electron chi connectivity index (χ4n) is 3.87. The zero-order valence-corrected chi connectivity index (χ0v) is 18.6. The van der Waals surface area contributed by atoms with Gasteiger partial charge in [-0.05, 0) is 36.4 Å². The quantitative estimate of drug-likeness (QED) is 0.358. The highest BCUT2D eigenvalue weighted by Gasteiger charge is 2.44. The number of carbonyl (C=O) groups excluding carboxylic acids is 2. The zero-order valence-electron chi connectivity index (χ0n) is 18.6. The summed E-state index contributed by atoms with van der Waals surface area (Å²) in [5.41, 5.74) is -0.338. The molecule has 1 aromatic heterocycles. The number of amides is 2. The normalized spacial score (nSPS) is 17.7. The van der Waals surface area contributed by atoms with Gasteiger partial charge in [0, 0.05) is 48.1 Å². The molecule has 4 rings (SSSR count). The summed E-state index contributed by atoms with van der Waals surface area (Å²) in [6, 6.07) is 9.82. The molecule has 2 atom stereocenters. The van der Waals surface area contributed by atoms with E-state index in [0.717, 1.165) is 30.5 Å². The average molecular weight is 502 g/mol. The van der Waals surface area contributed by atoms with Gasteiger partial charge < -0.3 is 9.47 Å². The first-order chi connectivity index (χ1) is 17.3. The van der Waals surface area contributed by atoms with Crippen LogP contribution in [0.3, 0.4) is 0 Å². The Labute approximate surface area is 202 Å². The predicted octanol–water partition coefficient (Wildman–Crippen LogP) is 4.02. The van der Waals surface area contributed by atoms with Crippen molar-refractivity contribution in [3.63, 3.8) is 0 Å². The van der Waals surface area contributed by atoms with Crippen LogP contribution < -0.4 is 14.4 Å². The third kappa shape index (κ3) is 5.16. The molecule has 8 nitrogen and oxygen atoms in total. The molecule has 0 aliphatic carbocycles. The largest absolute Gasteiger partial charge is 0.497 e. The van der Waals surface area contributed by atoms with Gasteiger partial charge in [0.25, 0.3) is 5.91 Å². The lowest BCUT2D eigenvalue weighted by atomic mass is 9.88. The van der Waals surface area contributed by atoms with E-state index in [2.05, 4.69) is 19.9 Å². The number of halogens is 4. The van der Waals surface area contributed by atoms with Crippen LogP contribution in [0, 0.1) is 17.6 Å². The van der Waals surface area contributed by atoms with Crippen molar-refractivity contribution in [1.29, 1.82) is 0 Å². The molecular weight excluding hydrogens is 484 g/mol. The van der Waals surface area contributed by atoms with E-state index in [1.807, 2.05) is 0 Å². The summed E-state index contributed by atoms with van der Waals surface area (Å²) in [4.78, 5) is 30.8. The first kappa shape index (κ1) is 24.8. The van der Waals surface area contributed by atoms with E-state index in [-0.39, 0.29) is 35.0 Å². The molecule has 2 amide bonds. The second-order valence-corrected chi connectivity index (χ2v) is 7.65. The third-order valence-corrected chi connectivity index (χ3v) is 5.54. The number of carbonyl (C=O) groups is 2. The highest BCUT2D eigenvalue weighted by atomic mass is 19.3. The molecule has 12 heteroatoms. The molecule has 0 saturated carbocycles. The maximum absolute atomic E-state index is 14.9. The second-order valence-electron chi connectivity index (χ2n) is 7.65. The maximum atomic E-state index is 14.9. The van der Waals surface area contributed by atoms with Crippen LogP contribution in [0.15, 0.2) is 59.7 Å². The molecule has 0 spiro atoms. The minimum absolute atomic E-state index is 0.0300. The maximum Gasteiger partial charge on any atom is 0.387 e. The van der Waals surface area contributed by atoms with Crippen molar-refractivity contribution in [1.82, 2.24) is 10.2 Å². The lowest BCUT2D eigenvalue weighted by molar-refractivity contribution is -0.118. The molecule has 2 heterocycles. The van der Waals surface area contributed by atoms with Crippen molar-refractivity contribution in [2.45, 2.75) is 12.5 Å². The van der Waals surface area contributed by atoms with Crippen LogP contribution in [0.4, 0.5) is 23.4 Å². The topological polar surface area (TPSA) is 94.0 Å². The zero-order chi connectivity index (χ0) is 25.8. The number of hydrogen-bond donors (Lipinski definition) is 0. The van der Waals surface area contributed by atoms with Gasteiger partial charge >= 0.3 is 6.61 Å². The van der Waals surface area contributed by atoms with Crippen LogP contribution in [0.1, 0.15) is 21.8 Å². The number of alkyl halides is 2. The van der Waals surface area contributed by atoms with Gasteiger partial charge in [-0.3, -0.25) is 14.5 Å². The molecule has 36 heavy (non-hydrogen) atoms. The van der Waals surface area contributed by atoms with Gasteiger partial charge in [-0.2, -0.15) is 13.9 Å². The Morgan fingerprint density at radius 1 is 1.14 bits per heavy atom. The number of benzene rings is 2. The third-order valence-electron chi connectivity index (χ3n) is 5.54. The predicted molar refractivity (Wildman–Crippen MR) is 119 cm³/mol. The summed E-state index contributed by atoms with van der Waals surface area (Å²) in [7, 11) is 1.26. The lowest BCUT2D eigenvalue weighted by Gasteiger charge is -2.17. The van der Waals surface area contributed by atoms with Crippen molar-refractivity contribution in [2.75, 3.05) is 18.6 Å². The molecule has 1 fully saturated rings. The van der Waals surface area contributed by atoms with Gasteiger partial charge in [0.2, 0.25) is 5.91 Å². The van der Waals surface area contributed by atoms with Crippen molar-refractivity contribution in [2.24, 2.45) is 10.9 Å². The highest BCUT2D eigenvalue weighted by Crippen LogP contribution is 2.38. The molecule has 0 N–H and O–H groups in total. The Morgan fingerprint density at radius 2 is 1.83 bits per heavy atom. The van der Waals surface area contributed by atoms with Crippen LogP contribution in [-0.2, 0) is 4.79 Å². The second kappa shape index (κ2) is 10.5. The number of aromatic nitrogens is 2. The number of aliphatic imine (C=N–C) groups is 1. The van der Waals surface area contributed by atoms with Crippen LogP contribution in [-0.4, -0.2) is 48.5 Å². The van der Waals surface area contributed by atoms with Crippen LogP contribution >= 0.6 is 0 Å². The number of hydrogen-bond acceptors (Lipinski definition) is 6. The highest BCUT2D eigenvalue weighted by molar-refractivity contribution is 6.09. The van der Waals surface area contributed by atoms with E-state index in [0.29, 0.717) is 0 Å². The van der Waals surface area contributed by atoms with Crippen molar-refractivity contribution < 1.29 is 36.6 Å². The summed E-state index contributed by atoms with van der Waals surface area (Å²) in [6.45, 7) is -3.17. The molecular formula is C24H18F4N4O4. The van der Waals surface area contributed by atoms with E-state index in [9.17, 15) is 27.2 Å². The standard InChI is InChI=1S/C24H18F4N4O4/c1-35-15-9-18(25)21(19(26)10-15)17-12-32(20-3-2-8-30-31-20)23(34)16(17)11-29-22(33)13-4-6-14(7-5-13)36-24(27)28/h2-11,16-17,24H,12H2,1H3/t16?,17-/m1/s1. The molecule has 0 radical (unpaired) electrons. The number of rotatable bonds is 7. The van der Waals surface area contributed by atoms with E-state index in [1.54, 1.807) is 6.07 Å². The van der Waals surface area contributed by atoms with Crippen LogP contribution in [0.25, 0.3) is 0 Å². The summed E-state index contributed by atoms with van der Waals surface area (Å²) in [5.74, 6) is -5.52. The van der Waals surface area contributed by atoms with Gasteiger partial charge in [0.15, 0.2) is 5.82 Å². The average Bonchev–Trinajstić information content (AvgIpc) is 3.18. The van der Waals surface area contributed by atoms with E-state index in [4.69, 9.17) is 4.74 Å². The number of methoxy groups -OCH3 is 1. The molecule has 186 valence electrons. The van der Waals surface area contributed by atoms with Crippen LogP contribution in [0.2, 0.25) is 0 Å². The van der Waals surface area contributed by atoms with Gasteiger partial charge in [-0.25, -0.2) is 13.8 Å². The molecule has 2 aromatic carbocycles. The van der Waals surface area contributed by atoms with Gasteiger partial charge in [-0.15, -0.1) is 5.10 Å². The smallest absolute Gasteiger partial charge is 0.387 e. The van der Waals surface area contributed by atoms with Crippen molar-refractivity contribution in [3.05, 3.63) is 77.5 Å². The number of nitrogens with zero attached hydrogens (tertiary/aromatic N) is 4. The Hall–Kier alpha value is -4.35. The van der Waals surface area contributed by atoms with Crippen LogP contribution in [0.5, 0.6) is 11.5 Å². The Kier molecular flexibility index (Phi) is 7.23. The minimum atomic E-state index is -3.02. The molecule has 1 unspecified atom stereocenters. The Balaban J connectivity index is 1.66. The summed E-state index contributed by atoms with van der Waals surface area (Å²) < 4.78 is 63.6. The summed E-state index contributed by atoms with van der Waals surface area (Å²) >= 11 is 0. The lowest BCUT2D eigenvalue weighted by Crippen LogP contribution is -2.28. The van der Waals surface area contributed by atoms with Crippen molar-refractivity contribution >= 4 is 23.8 Å². The first-order valence-corrected chi connectivity index (χ1v) is 10.5. The number of ether oxygens (including phenoxy) is 2. The SMILES string of the molecule is COc1cc(F)c([C@@H]2CN(c3cccnn3)C(=O)C2C=NC(=O)c2ccc(OC(F)F)cc2)c(F)c1. The van der Waals surface area contributed by atoms with Crippen molar-refractivity contribution in [3.8, 4) is 11.5 Å². The van der Waals surface area contributed by atoms with Gasteiger partial charge in [0.05, 0.1) is 13.0 Å². The van der Waals surface area contributed by atoms with Gasteiger partial charge in [0.1, 0.15) is 23.1 Å². The number of anilines is 1. The first-order valence-electron chi connectivity index (χ1n) is 10.5. The fourth-order valence-corrected chi connectivity index (χ4v) is 3.87. The van der Waals surface area contributed by atoms with E-state index < -0.39 is 41.9 Å². The fraction of sp³-hybridized carbons (Fsp3) is 0.208. The molecule has 3 aromatic rings. The Morgan fingerprint density at radius 3 is 2.42 bits per heavy atom. The molecule has 1 aliphatic rings. The molecule has 1 saturated heterocycles. The van der Waals surface area contributed by atoms with E-state index in [1.165, 1.54) is 36.4 Å². The monoisotopic (exact) mass is 502 g/mol. The van der Waals surface area contributed by atoms with E-state index >= 15 is 0 Å². The minimum Gasteiger partial charge on any atom is -0.497 e. The summed E-state index contributed by atoms with van der Waals surface area (Å²) in [6.07, 6.45) is 2.43. The summed E-state index contributed by atoms with van der Waals surface area (Å²) in [5, 5.41) is 7.62. The van der Waals surface area contributed by atoms with Gasteiger partial charge in [-0.1, -0.05) is 0 Å². The molecule has 0 bridgehead atoms.